The van der Waals surface area contributed by atoms with Gasteiger partial charge in [0.2, 0.25) is 5.95 Å². The van der Waals surface area contributed by atoms with Crippen molar-refractivity contribution in [2.75, 3.05) is 17.3 Å². The first-order valence-corrected chi connectivity index (χ1v) is 9.14. The Morgan fingerprint density at radius 1 is 1.21 bits per heavy atom. The van der Waals surface area contributed by atoms with E-state index < -0.39 is 0 Å². The van der Waals surface area contributed by atoms with Gasteiger partial charge in [0.15, 0.2) is 5.82 Å². The summed E-state index contributed by atoms with van der Waals surface area (Å²) in [6.45, 7) is 0.450. The van der Waals surface area contributed by atoms with Gasteiger partial charge in [-0.2, -0.15) is 15.2 Å². The maximum Gasteiger partial charge on any atom is 0.227 e. The second-order valence-corrected chi connectivity index (χ2v) is 7.10. The second-order valence-electron chi connectivity index (χ2n) is 7.10. The van der Waals surface area contributed by atoms with Crippen molar-refractivity contribution in [1.82, 2.24) is 30.4 Å². The lowest BCUT2D eigenvalue weighted by atomic mass is 10.1. The van der Waals surface area contributed by atoms with Crippen LogP contribution in [-0.4, -0.2) is 37.4 Å². The Hall–Kier alpha value is -3.49. The monoisotopic (exact) mass is 378 g/mol. The fourth-order valence-electron chi connectivity index (χ4n) is 3.28. The van der Waals surface area contributed by atoms with Crippen LogP contribution in [0.15, 0.2) is 36.7 Å². The number of aromatic amines is 2. The van der Waals surface area contributed by atoms with E-state index >= 15 is 0 Å². The molecule has 1 aliphatic rings. The highest BCUT2D eigenvalue weighted by Crippen LogP contribution is 2.39. The van der Waals surface area contributed by atoms with Crippen molar-refractivity contribution in [1.29, 1.82) is 0 Å². The predicted octanol–water partition coefficient (Wildman–Crippen LogP) is 3.47. The Morgan fingerprint density at radius 2 is 2.11 bits per heavy atom. The summed E-state index contributed by atoms with van der Waals surface area (Å²) in [6.07, 6.45) is 5.82. The first kappa shape index (κ1) is 16.7. The number of aromatic nitrogens is 6. The van der Waals surface area contributed by atoms with Gasteiger partial charge in [-0.3, -0.25) is 10.2 Å². The molecule has 3 heterocycles. The van der Waals surface area contributed by atoms with Crippen LogP contribution in [0.2, 0.25) is 0 Å². The zero-order valence-corrected chi connectivity index (χ0v) is 15.3. The van der Waals surface area contributed by atoms with Crippen LogP contribution in [0.25, 0.3) is 10.9 Å². The number of fused-ring (bicyclic) bond motifs is 1. The van der Waals surface area contributed by atoms with Gasteiger partial charge in [0.1, 0.15) is 11.6 Å². The fraction of sp³-hybridized carbons (Fsp3) is 0.263. The van der Waals surface area contributed by atoms with Gasteiger partial charge < -0.3 is 10.2 Å². The quantitative estimate of drug-likeness (QED) is 0.475. The van der Waals surface area contributed by atoms with Crippen molar-refractivity contribution in [3.05, 3.63) is 53.7 Å². The fourth-order valence-corrected chi connectivity index (χ4v) is 3.28. The van der Waals surface area contributed by atoms with E-state index in [9.17, 15) is 4.39 Å². The number of nitrogens with one attached hydrogen (secondary N) is 3. The lowest BCUT2D eigenvalue weighted by molar-refractivity contribution is 0.627. The van der Waals surface area contributed by atoms with E-state index in [4.69, 9.17) is 0 Å². The van der Waals surface area contributed by atoms with Crippen molar-refractivity contribution in [2.45, 2.75) is 25.3 Å². The molecule has 0 unspecified atom stereocenters. The van der Waals surface area contributed by atoms with Gasteiger partial charge in [-0.1, -0.05) is 0 Å². The zero-order chi connectivity index (χ0) is 19.1. The molecule has 1 fully saturated rings. The molecule has 3 aromatic heterocycles. The van der Waals surface area contributed by atoms with Crippen LogP contribution in [0.3, 0.4) is 0 Å². The summed E-state index contributed by atoms with van der Waals surface area (Å²) in [7, 11) is 1.87. The van der Waals surface area contributed by atoms with E-state index in [0.717, 1.165) is 22.5 Å². The molecule has 3 N–H and O–H groups in total. The molecule has 4 aromatic rings. The number of hydrogen-bond donors (Lipinski definition) is 3. The first-order valence-electron chi connectivity index (χ1n) is 9.14. The van der Waals surface area contributed by atoms with Gasteiger partial charge in [0, 0.05) is 42.9 Å². The van der Waals surface area contributed by atoms with E-state index in [1.807, 2.05) is 18.0 Å². The van der Waals surface area contributed by atoms with Gasteiger partial charge in [-0.05, 0) is 36.6 Å². The molecule has 1 aliphatic carbocycles. The molecule has 0 atom stereocenters. The highest BCUT2D eigenvalue weighted by atomic mass is 19.1. The topological polar surface area (TPSA) is 98.4 Å². The van der Waals surface area contributed by atoms with Gasteiger partial charge in [-0.15, -0.1) is 0 Å². The number of benzene rings is 1. The van der Waals surface area contributed by atoms with Gasteiger partial charge in [-0.25, -0.2) is 9.37 Å². The van der Waals surface area contributed by atoms with E-state index in [-0.39, 0.29) is 5.82 Å². The Labute approximate surface area is 160 Å². The molecule has 8 nitrogen and oxygen atoms in total. The normalized spacial score (nSPS) is 13.8. The van der Waals surface area contributed by atoms with E-state index in [2.05, 4.69) is 35.7 Å². The number of nitrogens with zero attached hydrogens (tertiary/aromatic N) is 5. The average Bonchev–Trinajstić information content (AvgIpc) is 3.24. The van der Waals surface area contributed by atoms with Crippen molar-refractivity contribution >= 4 is 28.5 Å². The summed E-state index contributed by atoms with van der Waals surface area (Å²) in [6, 6.07) is 6.76. The minimum atomic E-state index is -0.304. The average molecular weight is 378 g/mol. The molecule has 9 heteroatoms. The number of hydrogen-bond acceptors (Lipinski definition) is 6. The number of H-pyrrole nitrogens is 2. The second kappa shape index (κ2) is 6.59. The lowest BCUT2D eigenvalue weighted by Crippen LogP contribution is -2.19. The summed E-state index contributed by atoms with van der Waals surface area (Å²) < 4.78 is 13.9. The number of anilines is 3. The zero-order valence-electron chi connectivity index (χ0n) is 15.3. The first-order chi connectivity index (χ1) is 13.7. The maximum atomic E-state index is 13.9. The molecule has 0 bridgehead atoms. The van der Waals surface area contributed by atoms with Gasteiger partial charge in [0.05, 0.1) is 11.7 Å². The van der Waals surface area contributed by atoms with Crippen LogP contribution < -0.4 is 10.2 Å². The van der Waals surface area contributed by atoms with E-state index in [0.29, 0.717) is 29.7 Å². The van der Waals surface area contributed by atoms with Crippen LogP contribution in [0.1, 0.15) is 30.0 Å². The summed E-state index contributed by atoms with van der Waals surface area (Å²) in [5, 5.41) is 18.3. The minimum Gasteiger partial charge on any atom is -0.339 e. The molecular weight excluding hydrogens is 359 g/mol. The molecular formula is C19H19FN8. The maximum absolute atomic E-state index is 13.9. The van der Waals surface area contributed by atoms with Crippen LogP contribution in [0.4, 0.5) is 22.0 Å². The van der Waals surface area contributed by atoms with E-state index in [1.165, 1.54) is 25.0 Å². The summed E-state index contributed by atoms with van der Waals surface area (Å²) in [4.78, 5) is 10.8. The molecule has 0 radical (unpaired) electrons. The van der Waals surface area contributed by atoms with Crippen LogP contribution in [-0.2, 0) is 6.54 Å². The Bertz CT molecular complexity index is 1130. The minimum absolute atomic E-state index is 0.304. The van der Waals surface area contributed by atoms with Gasteiger partial charge in [0.25, 0.3) is 0 Å². The van der Waals surface area contributed by atoms with Gasteiger partial charge >= 0.3 is 0 Å². The van der Waals surface area contributed by atoms with Crippen molar-refractivity contribution in [3.63, 3.8) is 0 Å². The predicted molar refractivity (Wildman–Crippen MR) is 104 cm³/mol. The highest BCUT2D eigenvalue weighted by Gasteiger charge is 2.25. The van der Waals surface area contributed by atoms with Crippen LogP contribution in [0.5, 0.6) is 0 Å². The van der Waals surface area contributed by atoms with Crippen LogP contribution in [0, 0.1) is 5.82 Å². The smallest absolute Gasteiger partial charge is 0.227 e. The molecule has 0 aliphatic heterocycles. The highest BCUT2D eigenvalue weighted by molar-refractivity contribution is 5.82. The SMILES string of the molecule is CN(Cc1cc(F)cc2[nH]ncc12)c1nccc(Nc2cc(C3CC3)[nH]n2)n1. The molecule has 0 amide bonds. The molecule has 142 valence electrons. The third-order valence-electron chi connectivity index (χ3n) is 4.87. The van der Waals surface area contributed by atoms with Crippen molar-refractivity contribution < 1.29 is 4.39 Å². The molecule has 1 saturated carbocycles. The van der Waals surface area contributed by atoms with Crippen LogP contribution >= 0.6 is 0 Å². The summed E-state index contributed by atoms with van der Waals surface area (Å²) >= 11 is 0. The Balaban J connectivity index is 1.35. The lowest BCUT2D eigenvalue weighted by Gasteiger charge is -2.18. The largest absolute Gasteiger partial charge is 0.339 e. The number of rotatable bonds is 6. The third kappa shape index (κ3) is 3.26. The molecule has 0 saturated heterocycles. The Kier molecular flexibility index (Phi) is 3.92. The van der Waals surface area contributed by atoms with Crippen molar-refractivity contribution in [2.24, 2.45) is 0 Å². The summed E-state index contributed by atoms with van der Waals surface area (Å²) in [5.41, 5.74) is 2.64. The molecule has 1 aromatic carbocycles. The number of halogens is 1. The van der Waals surface area contributed by atoms with Crippen molar-refractivity contribution in [3.8, 4) is 0 Å². The van der Waals surface area contributed by atoms with E-state index in [1.54, 1.807) is 18.5 Å². The third-order valence-corrected chi connectivity index (χ3v) is 4.87. The summed E-state index contributed by atoms with van der Waals surface area (Å²) in [5.74, 6) is 2.23. The molecule has 0 spiro atoms. The standard InChI is InChI=1S/C19H19FN8/c1-28(10-12-6-13(20)7-16-14(12)9-22-25-16)19-21-5-4-17(24-19)23-18-8-15(26-27-18)11-2-3-11/h4-9,11H,2-3,10H2,1H3,(H,22,25)(H2,21,23,24,26,27). The Morgan fingerprint density at radius 3 is 2.96 bits per heavy atom. The molecule has 28 heavy (non-hydrogen) atoms. The molecule has 5 rings (SSSR count).